The molecule has 0 fully saturated rings. The van der Waals surface area contributed by atoms with Crippen LogP contribution in [0, 0.1) is 17.2 Å². The highest BCUT2D eigenvalue weighted by atomic mass is 32.1. The van der Waals surface area contributed by atoms with E-state index < -0.39 is 0 Å². The summed E-state index contributed by atoms with van der Waals surface area (Å²) in [7, 11) is 0. The lowest BCUT2D eigenvalue weighted by Crippen LogP contribution is -2.09. The molecule has 0 aliphatic carbocycles. The van der Waals surface area contributed by atoms with Crippen LogP contribution in [0.2, 0.25) is 0 Å². The number of nitrogens with zero attached hydrogens (tertiary/aromatic N) is 1. The normalized spacial score (nSPS) is 10.7. The molecule has 0 bridgehead atoms. The van der Waals surface area contributed by atoms with E-state index in [4.69, 9.17) is 15.7 Å². The molecule has 0 aliphatic heterocycles. The average Bonchev–Trinajstić information content (AvgIpc) is 2.56. The highest BCUT2D eigenvalue weighted by molar-refractivity contribution is 7.17. The second-order valence-corrected chi connectivity index (χ2v) is 5.91. The first-order valence-electron chi connectivity index (χ1n) is 6.18. The Morgan fingerprint density at radius 1 is 1.39 bits per heavy atom. The molecular formula is C13H21N3OS. The van der Waals surface area contributed by atoms with E-state index in [9.17, 15) is 0 Å². The number of nitrogens with two attached hydrogens (primary N) is 1. The zero-order valence-electron chi connectivity index (χ0n) is 11.4. The number of hydrogen-bond acceptors (Lipinski definition) is 5. The van der Waals surface area contributed by atoms with Gasteiger partial charge in [0.25, 0.3) is 0 Å². The number of nitriles is 1. The van der Waals surface area contributed by atoms with Crippen LogP contribution in [0.1, 0.15) is 39.0 Å². The van der Waals surface area contributed by atoms with Gasteiger partial charge in [-0.15, -0.1) is 11.3 Å². The molecule has 5 heteroatoms. The molecule has 3 N–H and O–H groups in total. The predicted molar refractivity (Wildman–Crippen MR) is 77.2 cm³/mol. The van der Waals surface area contributed by atoms with Gasteiger partial charge in [-0.1, -0.05) is 13.8 Å². The summed E-state index contributed by atoms with van der Waals surface area (Å²) in [6.45, 7) is 9.10. The maximum atomic E-state index is 9.00. The van der Waals surface area contributed by atoms with Crippen molar-refractivity contribution in [3.8, 4) is 11.8 Å². The lowest BCUT2D eigenvalue weighted by Gasteiger charge is -2.13. The Hall–Kier alpha value is -1.41. The van der Waals surface area contributed by atoms with Crippen molar-refractivity contribution in [3.63, 3.8) is 0 Å². The summed E-state index contributed by atoms with van der Waals surface area (Å²) < 4.78 is 5.69. The Bertz CT molecular complexity index is 432. The fraction of sp³-hybridized carbons (Fsp3) is 0.615. The molecule has 1 aromatic heterocycles. The molecular weight excluding hydrogens is 246 g/mol. The Morgan fingerprint density at radius 2 is 2.06 bits per heavy atom. The number of hydrogen-bond donors (Lipinski definition) is 2. The second-order valence-electron chi connectivity index (χ2n) is 4.89. The molecule has 0 atom stereocenters. The van der Waals surface area contributed by atoms with Gasteiger partial charge in [0.1, 0.15) is 21.6 Å². The van der Waals surface area contributed by atoms with Gasteiger partial charge in [0, 0.05) is 6.54 Å². The summed E-state index contributed by atoms with van der Waals surface area (Å²) in [4.78, 5) is 0.512. The van der Waals surface area contributed by atoms with E-state index in [2.05, 4.69) is 25.2 Å². The van der Waals surface area contributed by atoms with Crippen LogP contribution in [0.25, 0.3) is 0 Å². The van der Waals surface area contributed by atoms with Crippen LogP contribution in [0.4, 0.5) is 10.7 Å². The van der Waals surface area contributed by atoms with Gasteiger partial charge in [-0.05, 0) is 26.2 Å². The minimum absolute atomic E-state index is 0.0408. The van der Waals surface area contributed by atoms with E-state index in [1.165, 1.54) is 11.3 Å². The molecule has 0 radical (unpaired) electrons. The summed E-state index contributed by atoms with van der Waals surface area (Å²) in [6.07, 6.45) is 1.11. The lowest BCUT2D eigenvalue weighted by atomic mass is 10.1. The summed E-state index contributed by atoms with van der Waals surface area (Å²) in [5.74, 6) is 1.26. The molecule has 0 spiro atoms. The van der Waals surface area contributed by atoms with Gasteiger partial charge in [-0.25, -0.2) is 0 Å². The van der Waals surface area contributed by atoms with E-state index in [-0.39, 0.29) is 6.10 Å². The first-order valence-corrected chi connectivity index (χ1v) is 7.00. The largest absolute Gasteiger partial charge is 0.486 e. The minimum atomic E-state index is 0.0408. The van der Waals surface area contributed by atoms with E-state index >= 15 is 0 Å². The van der Waals surface area contributed by atoms with Crippen LogP contribution in [0.5, 0.6) is 5.75 Å². The van der Waals surface area contributed by atoms with Crippen molar-refractivity contribution < 1.29 is 4.74 Å². The van der Waals surface area contributed by atoms with Crippen LogP contribution in [-0.4, -0.2) is 12.6 Å². The van der Waals surface area contributed by atoms with Gasteiger partial charge in [-0.3, -0.25) is 0 Å². The summed E-state index contributed by atoms with van der Waals surface area (Å²) in [5, 5.41) is 13.2. The van der Waals surface area contributed by atoms with Crippen molar-refractivity contribution in [1.29, 1.82) is 5.26 Å². The van der Waals surface area contributed by atoms with Crippen LogP contribution >= 0.6 is 11.3 Å². The third kappa shape index (κ3) is 3.81. The molecule has 100 valence electrons. The molecule has 18 heavy (non-hydrogen) atoms. The zero-order chi connectivity index (χ0) is 13.7. The number of anilines is 2. The van der Waals surface area contributed by atoms with Gasteiger partial charge >= 0.3 is 0 Å². The summed E-state index contributed by atoms with van der Waals surface area (Å²) in [6, 6.07) is 2.10. The number of rotatable bonds is 6. The van der Waals surface area contributed by atoms with Crippen LogP contribution < -0.4 is 15.8 Å². The first kappa shape index (κ1) is 14.7. The average molecular weight is 267 g/mol. The molecule has 0 aliphatic rings. The standard InChI is InChI=1S/C13H21N3OS/c1-8(2)5-6-16-13-12(17-9(3)4)11(15)10(7-14)18-13/h8-9,16H,5-6,15H2,1-4H3. The highest BCUT2D eigenvalue weighted by Gasteiger charge is 2.18. The van der Waals surface area contributed by atoms with Crippen molar-refractivity contribution in [2.75, 3.05) is 17.6 Å². The van der Waals surface area contributed by atoms with E-state index in [0.29, 0.717) is 22.2 Å². The number of nitrogen functional groups attached to an aromatic ring is 1. The van der Waals surface area contributed by atoms with Gasteiger partial charge in [-0.2, -0.15) is 5.26 Å². The van der Waals surface area contributed by atoms with E-state index in [1.54, 1.807) is 0 Å². The van der Waals surface area contributed by atoms with Crippen molar-refractivity contribution in [1.82, 2.24) is 0 Å². The summed E-state index contributed by atoms with van der Waals surface area (Å²) in [5.41, 5.74) is 6.36. The smallest absolute Gasteiger partial charge is 0.178 e. The molecule has 0 saturated carbocycles. The Morgan fingerprint density at radius 3 is 2.56 bits per heavy atom. The number of nitrogens with one attached hydrogen (secondary N) is 1. The number of thiophene rings is 1. The fourth-order valence-electron chi connectivity index (χ4n) is 1.46. The Balaban J connectivity index is 2.85. The highest BCUT2D eigenvalue weighted by Crippen LogP contribution is 2.42. The maximum Gasteiger partial charge on any atom is 0.178 e. The maximum absolute atomic E-state index is 9.00. The van der Waals surface area contributed by atoms with Crippen molar-refractivity contribution >= 4 is 22.0 Å². The Labute approximate surface area is 113 Å². The molecule has 1 heterocycles. The fourth-order valence-corrected chi connectivity index (χ4v) is 2.33. The van der Waals surface area contributed by atoms with Crippen molar-refractivity contribution in [2.45, 2.75) is 40.2 Å². The van der Waals surface area contributed by atoms with Gasteiger partial charge < -0.3 is 15.8 Å². The molecule has 4 nitrogen and oxygen atoms in total. The third-order valence-corrected chi connectivity index (χ3v) is 3.41. The molecule has 0 saturated heterocycles. The molecule has 0 amide bonds. The minimum Gasteiger partial charge on any atom is -0.486 e. The molecule has 1 aromatic rings. The third-order valence-electron chi connectivity index (χ3n) is 2.36. The van der Waals surface area contributed by atoms with Crippen LogP contribution in [-0.2, 0) is 0 Å². The number of ether oxygens (including phenoxy) is 1. The Kier molecular flexibility index (Phi) is 5.29. The summed E-state index contributed by atoms with van der Waals surface area (Å²) >= 11 is 1.36. The van der Waals surface area contributed by atoms with Crippen molar-refractivity contribution in [3.05, 3.63) is 4.88 Å². The van der Waals surface area contributed by atoms with Crippen molar-refractivity contribution in [2.24, 2.45) is 5.92 Å². The topological polar surface area (TPSA) is 71.1 Å². The zero-order valence-corrected chi connectivity index (χ0v) is 12.2. The molecule has 0 aromatic carbocycles. The quantitative estimate of drug-likeness (QED) is 0.828. The first-order chi connectivity index (χ1) is 8.45. The van der Waals surface area contributed by atoms with Gasteiger partial charge in [0.15, 0.2) is 5.75 Å². The molecule has 0 unspecified atom stereocenters. The predicted octanol–water partition coefficient (Wildman–Crippen LogP) is 3.45. The van der Waals surface area contributed by atoms with E-state index in [0.717, 1.165) is 18.0 Å². The van der Waals surface area contributed by atoms with E-state index in [1.807, 2.05) is 13.8 Å². The van der Waals surface area contributed by atoms with Crippen LogP contribution in [0.15, 0.2) is 0 Å². The van der Waals surface area contributed by atoms with Gasteiger partial charge in [0.05, 0.1) is 6.10 Å². The SMILES string of the molecule is CC(C)CCNc1sc(C#N)c(N)c1OC(C)C. The molecule has 1 rings (SSSR count). The van der Waals surface area contributed by atoms with Gasteiger partial charge in [0.2, 0.25) is 0 Å². The second kappa shape index (κ2) is 6.50. The lowest BCUT2D eigenvalue weighted by molar-refractivity contribution is 0.246. The van der Waals surface area contributed by atoms with Crippen LogP contribution in [0.3, 0.4) is 0 Å². The monoisotopic (exact) mass is 267 g/mol.